The Morgan fingerprint density at radius 1 is 1.17 bits per heavy atom. The molecule has 1 saturated heterocycles. The van der Waals surface area contributed by atoms with Crippen LogP contribution in [-0.2, 0) is 4.79 Å². The Labute approximate surface area is 135 Å². The van der Waals surface area contributed by atoms with E-state index in [-0.39, 0.29) is 11.9 Å². The molecule has 0 bridgehead atoms. The molecule has 0 aromatic heterocycles. The lowest BCUT2D eigenvalue weighted by molar-refractivity contribution is -0.142. The molecule has 3 rings (SSSR count). The molecule has 3 nitrogen and oxygen atoms in total. The first-order valence-corrected chi connectivity index (χ1v) is 7.88. The molecule has 1 aliphatic heterocycles. The number of benzene rings is 2. The van der Waals surface area contributed by atoms with Crippen LogP contribution in [0, 0.1) is 12.7 Å². The largest absolute Gasteiger partial charge is 0.480 e. The topological polar surface area (TPSA) is 40.5 Å². The van der Waals surface area contributed by atoms with E-state index in [1.54, 1.807) is 18.2 Å². The van der Waals surface area contributed by atoms with Gasteiger partial charge < -0.3 is 5.11 Å². The first kappa shape index (κ1) is 15.7. The maximum absolute atomic E-state index is 14.5. The second kappa shape index (κ2) is 6.50. The number of rotatable bonds is 4. The number of carboxylic acid groups (broad SMARTS) is 1. The molecule has 0 radical (unpaired) electrons. The molecule has 2 unspecified atom stereocenters. The lowest BCUT2D eigenvalue weighted by Crippen LogP contribution is -2.39. The molecular weight excluding hydrogens is 293 g/mol. The summed E-state index contributed by atoms with van der Waals surface area (Å²) in [5.41, 5.74) is 2.54. The number of nitrogens with zero attached hydrogens (tertiary/aromatic N) is 1. The maximum Gasteiger partial charge on any atom is 0.320 e. The smallest absolute Gasteiger partial charge is 0.320 e. The number of hydrogen-bond donors (Lipinski definition) is 1. The summed E-state index contributed by atoms with van der Waals surface area (Å²) in [6.07, 6.45) is 1.42. The molecule has 0 amide bonds. The quantitative estimate of drug-likeness (QED) is 0.934. The van der Waals surface area contributed by atoms with Crippen LogP contribution in [-0.4, -0.2) is 28.6 Å². The summed E-state index contributed by atoms with van der Waals surface area (Å²) in [6.45, 7) is 2.64. The summed E-state index contributed by atoms with van der Waals surface area (Å²) < 4.78 is 14.5. The van der Waals surface area contributed by atoms with E-state index >= 15 is 0 Å². The Kier molecular flexibility index (Phi) is 4.44. The summed E-state index contributed by atoms with van der Waals surface area (Å²) in [5.74, 6) is -1.13. The fraction of sp³-hybridized carbons (Fsp3) is 0.316. The molecule has 2 atom stereocenters. The van der Waals surface area contributed by atoms with Gasteiger partial charge >= 0.3 is 5.97 Å². The van der Waals surface area contributed by atoms with Gasteiger partial charge in [0.25, 0.3) is 0 Å². The van der Waals surface area contributed by atoms with Crippen molar-refractivity contribution >= 4 is 5.97 Å². The van der Waals surface area contributed by atoms with Crippen LogP contribution >= 0.6 is 0 Å². The highest BCUT2D eigenvalue weighted by atomic mass is 19.1. The number of aryl methyl sites for hydroxylation is 1. The number of carboxylic acids is 1. The van der Waals surface area contributed by atoms with Crippen molar-refractivity contribution in [3.8, 4) is 0 Å². The molecule has 1 fully saturated rings. The molecule has 0 spiro atoms. The number of aliphatic carboxylic acids is 1. The second-order valence-corrected chi connectivity index (χ2v) is 6.01. The zero-order valence-corrected chi connectivity index (χ0v) is 13.1. The van der Waals surface area contributed by atoms with Crippen molar-refractivity contribution in [2.75, 3.05) is 6.54 Å². The third kappa shape index (κ3) is 2.99. The Bertz CT molecular complexity index is 671. The van der Waals surface area contributed by atoms with E-state index in [2.05, 4.69) is 0 Å². The molecule has 1 aliphatic rings. The van der Waals surface area contributed by atoms with Crippen LogP contribution in [0.25, 0.3) is 0 Å². The van der Waals surface area contributed by atoms with Crippen LogP contribution in [0.3, 0.4) is 0 Å². The van der Waals surface area contributed by atoms with E-state index in [1.807, 2.05) is 36.1 Å². The van der Waals surface area contributed by atoms with Gasteiger partial charge in [-0.05, 0) is 37.0 Å². The van der Waals surface area contributed by atoms with Gasteiger partial charge in [-0.3, -0.25) is 9.69 Å². The summed E-state index contributed by atoms with van der Waals surface area (Å²) in [5, 5.41) is 9.53. The van der Waals surface area contributed by atoms with Crippen LogP contribution in [0.5, 0.6) is 0 Å². The third-order valence-corrected chi connectivity index (χ3v) is 4.59. The number of halogens is 1. The highest BCUT2D eigenvalue weighted by Gasteiger charge is 2.38. The van der Waals surface area contributed by atoms with Crippen LogP contribution in [0.15, 0.2) is 48.5 Å². The van der Waals surface area contributed by atoms with Crippen LogP contribution < -0.4 is 0 Å². The van der Waals surface area contributed by atoms with E-state index in [4.69, 9.17) is 0 Å². The minimum absolute atomic E-state index is 0.295. The molecule has 2 aromatic carbocycles. The van der Waals surface area contributed by atoms with Crippen LogP contribution in [0.4, 0.5) is 4.39 Å². The molecule has 4 heteroatoms. The average molecular weight is 313 g/mol. The van der Waals surface area contributed by atoms with Crippen LogP contribution in [0.1, 0.15) is 35.6 Å². The van der Waals surface area contributed by atoms with Gasteiger partial charge in [-0.25, -0.2) is 4.39 Å². The van der Waals surface area contributed by atoms with Crippen molar-refractivity contribution in [3.05, 3.63) is 71.0 Å². The maximum atomic E-state index is 14.5. The molecule has 0 aliphatic carbocycles. The number of hydrogen-bond acceptors (Lipinski definition) is 2. The Balaban J connectivity index is 2.13. The van der Waals surface area contributed by atoms with E-state index in [9.17, 15) is 14.3 Å². The molecular formula is C19H20FNO2. The minimum atomic E-state index is -0.836. The third-order valence-electron chi connectivity index (χ3n) is 4.59. The van der Waals surface area contributed by atoms with Crippen molar-refractivity contribution in [3.63, 3.8) is 0 Å². The van der Waals surface area contributed by atoms with E-state index in [0.29, 0.717) is 18.5 Å². The Morgan fingerprint density at radius 2 is 1.83 bits per heavy atom. The van der Waals surface area contributed by atoms with E-state index < -0.39 is 12.0 Å². The van der Waals surface area contributed by atoms with E-state index in [1.165, 1.54) is 6.07 Å². The zero-order chi connectivity index (χ0) is 16.4. The highest BCUT2D eigenvalue weighted by Crippen LogP contribution is 2.37. The lowest BCUT2D eigenvalue weighted by atomic mass is 9.92. The Hall–Kier alpha value is -2.20. The average Bonchev–Trinajstić information content (AvgIpc) is 3.01. The number of carbonyl (C=O) groups is 1. The number of likely N-dealkylation sites (tertiary alicyclic amines) is 1. The van der Waals surface area contributed by atoms with Gasteiger partial charge in [0, 0.05) is 12.1 Å². The molecule has 0 saturated carbocycles. The van der Waals surface area contributed by atoms with Crippen molar-refractivity contribution in [1.29, 1.82) is 0 Å². The summed E-state index contributed by atoms with van der Waals surface area (Å²) >= 11 is 0. The summed E-state index contributed by atoms with van der Waals surface area (Å²) in [7, 11) is 0. The zero-order valence-electron chi connectivity index (χ0n) is 13.1. The van der Waals surface area contributed by atoms with Gasteiger partial charge in [0.05, 0.1) is 6.04 Å². The van der Waals surface area contributed by atoms with Gasteiger partial charge in [0.2, 0.25) is 0 Å². The SMILES string of the molecule is Cc1ccccc1C(c1ccccc1F)N1CCCC1C(=O)O. The van der Waals surface area contributed by atoms with Gasteiger partial charge in [0.15, 0.2) is 0 Å². The van der Waals surface area contributed by atoms with Gasteiger partial charge in [-0.2, -0.15) is 0 Å². The van der Waals surface area contributed by atoms with Gasteiger partial charge in [-0.1, -0.05) is 42.5 Å². The molecule has 23 heavy (non-hydrogen) atoms. The molecule has 1 heterocycles. The van der Waals surface area contributed by atoms with Crippen molar-refractivity contribution in [2.45, 2.75) is 31.8 Å². The standard InChI is InChI=1S/C19H20FNO2/c1-13-7-2-3-8-14(13)18(15-9-4-5-10-16(15)20)21-12-6-11-17(21)19(22)23/h2-5,7-10,17-18H,6,11-12H2,1H3,(H,22,23). The lowest BCUT2D eigenvalue weighted by Gasteiger charge is -2.33. The van der Waals surface area contributed by atoms with Crippen molar-refractivity contribution in [1.82, 2.24) is 4.90 Å². The van der Waals surface area contributed by atoms with Gasteiger partial charge in [-0.15, -0.1) is 0 Å². The normalized spacial score (nSPS) is 19.7. The second-order valence-electron chi connectivity index (χ2n) is 6.01. The summed E-state index contributed by atoms with van der Waals surface area (Å²) in [6, 6.07) is 13.5. The first-order chi connectivity index (χ1) is 11.1. The summed E-state index contributed by atoms with van der Waals surface area (Å²) in [4.78, 5) is 13.5. The predicted octanol–water partition coefficient (Wildman–Crippen LogP) is 3.77. The van der Waals surface area contributed by atoms with Gasteiger partial charge in [0.1, 0.15) is 11.9 Å². The fourth-order valence-electron chi connectivity index (χ4n) is 3.48. The minimum Gasteiger partial charge on any atom is -0.480 e. The Morgan fingerprint density at radius 3 is 2.48 bits per heavy atom. The van der Waals surface area contributed by atoms with E-state index in [0.717, 1.165) is 17.5 Å². The molecule has 2 aromatic rings. The monoisotopic (exact) mass is 313 g/mol. The highest BCUT2D eigenvalue weighted by molar-refractivity contribution is 5.74. The molecule has 1 N–H and O–H groups in total. The fourth-order valence-corrected chi connectivity index (χ4v) is 3.48. The predicted molar refractivity (Wildman–Crippen MR) is 86.8 cm³/mol. The first-order valence-electron chi connectivity index (χ1n) is 7.88. The van der Waals surface area contributed by atoms with Crippen molar-refractivity contribution < 1.29 is 14.3 Å². The van der Waals surface area contributed by atoms with Crippen LogP contribution in [0.2, 0.25) is 0 Å². The molecule has 120 valence electrons. The van der Waals surface area contributed by atoms with Crippen molar-refractivity contribution in [2.24, 2.45) is 0 Å².